The molecule has 0 amide bonds. The Bertz CT molecular complexity index is 2980. The first-order chi connectivity index (χ1) is 29.6. The maximum absolute atomic E-state index is 12.0. The number of aromatic nitrogens is 3. The fourth-order valence-electron chi connectivity index (χ4n) is 8.38. The number of hydrogen-bond donors (Lipinski definition) is 1. The Morgan fingerprint density at radius 3 is 1.73 bits per heavy atom. The molecule has 0 fully saturated rings. The normalized spacial score (nSPS) is 12.4. The zero-order valence-electron chi connectivity index (χ0n) is 39.8. The van der Waals surface area contributed by atoms with Crippen LogP contribution in [-0.2, 0) is 42.7 Å². The molecule has 0 saturated heterocycles. The van der Waals surface area contributed by atoms with Crippen LogP contribution in [0.15, 0.2) is 134 Å². The van der Waals surface area contributed by atoms with Crippen LogP contribution in [-0.4, -0.2) is 19.6 Å². The number of fused-ring (bicyclic) bond motifs is 1. The van der Waals surface area contributed by atoms with Crippen LogP contribution in [0.3, 0.4) is 0 Å². The van der Waals surface area contributed by atoms with Crippen molar-refractivity contribution in [3.05, 3.63) is 167 Å². The SMILES string of the molecule is Cc1cc(C(C)(C)C)cc(-c2nc3c(-c4[c-]c(-c5cc(-c6ccc(C(C)(C)C)cc6)ccn5)cc(C(C)(C)C)c4)cccc3n2-c2ccc(C(C)(C)C)cc2-c2ccccc2)c1O.[Pt]. The smallest absolute Gasteiger partial charge is 0.148 e. The second-order valence-corrected chi connectivity index (χ2v) is 21.4. The molecule has 64 heavy (non-hydrogen) atoms. The summed E-state index contributed by atoms with van der Waals surface area (Å²) in [5.41, 5.74) is 17.0. The molecule has 0 aliphatic rings. The van der Waals surface area contributed by atoms with Crippen molar-refractivity contribution < 1.29 is 26.2 Å². The minimum Gasteiger partial charge on any atom is -0.507 e. The van der Waals surface area contributed by atoms with Crippen LogP contribution in [0.4, 0.5) is 0 Å². The van der Waals surface area contributed by atoms with E-state index in [-0.39, 0.29) is 48.5 Å². The minimum absolute atomic E-state index is 0. The number of phenols is 1. The Hall–Kier alpha value is -5.57. The fourth-order valence-corrected chi connectivity index (χ4v) is 8.38. The van der Waals surface area contributed by atoms with Gasteiger partial charge in [-0.05, 0) is 97.9 Å². The van der Waals surface area contributed by atoms with E-state index in [0.717, 1.165) is 72.5 Å². The van der Waals surface area contributed by atoms with Gasteiger partial charge in [0.25, 0.3) is 0 Å². The fraction of sp³-hybridized carbons (Fsp3) is 0.288. The molecule has 2 aromatic heterocycles. The molecule has 0 spiro atoms. The molecule has 0 aliphatic heterocycles. The molecule has 1 N–H and O–H groups in total. The van der Waals surface area contributed by atoms with Gasteiger partial charge in [-0.2, -0.15) is 0 Å². The van der Waals surface area contributed by atoms with Gasteiger partial charge in [-0.25, -0.2) is 4.98 Å². The van der Waals surface area contributed by atoms with Crippen molar-refractivity contribution in [2.75, 3.05) is 0 Å². The van der Waals surface area contributed by atoms with Crippen LogP contribution in [0.5, 0.6) is 5.75 Å². The first kappa shape index (κ1) is 46.4. The predicted octanol–water partition coefficient (Wildman–Crippen LogP) is 15.8. The monoisotopic (exact) mass is 1020 g/mol. The second kappa shape index (κ2) is 17.1. The molecule has 8 aromatic rings. The van der Waals surface area contributed by atoms with E-state index < -0.39 is 0 Å². The average molecular weight is 1020 g/mol. The number of phenolic OH excluding ortho intramolecular Hbond substituents is 1. The third-order valence-corrected chi connectivity index (χ3v) is 12.4. The molecule has 0 bridgehead atoms. The molecule has 0 saturated carbocycles. The summed E-state index contributed by atoms with van der Waals surface area (Å²) in [7, 11) is 0. The molecule has 6 aromatic carbocycles. The molecular weight excluding hydrogens is 962 g/mol. The largest absolute Gasteiger partial charge is 0.507 e. The van der Waals surface area contributed by atoms with Gasteiger partial charge >= 0.3 is 0 Å². The van der Waals surface area contributed by atoms with E-state index in [1.54, 1.807) is 0 Å². The number of aryl methyl sites for hydroxylation is 1. The van der Waals surface area contributed by atoms with Crippen LogP contribution < -0.4 is 0 Å². The molecular formula is C59H62N3OPt-. The first-order valence-electron chi connectivity index (χ1n) is 22.3. The molecule has 2 heterocycles. The maximum atomic E-state index is 12.0. The molecule has 4 nitrogen and oxygen atoms in total. The number of nitrogens with zero attached hydrogens (tertiary/aromatic N) is 3. The topological polar surface area (TPSA) is 50.9 Å². The van der Waals surface area contributed by atoms with Gasteiger partial charge in [-0.15, -0.1) is 29.3 Å². The van der Waals surface area contributed by atoms with E-state index in [4.69, 9.17) is 9.97 Å². The molecule has 330 valence electrons. The number of imidazole rings is 1. The quantitative estimate of drug-likeness (QED) is 0.169. The van der Waals surface area contributed by atoms with Gasteiger partial charge in [0, 0.05) is 38.5 Å². The number of para-hydroxylation sites is 1. The van der Waals surface area contributed by atoms with Crippen molar-refractivity contribution in [2.24, 2.45) is 0 Å². The summed E-state index contributed by atoms with van der Waals surface area (Å²) < 4.78 is 2.26. The van der Waals surface area contributed by atoms with Crippen LogP contribution in [0.25, 0.3) is 72.7 Å². The van der Waals surface area contributed by atoms with Crippen molar-refractivity contribution >= 4 is 11.0 Å². The van der Waals surface area contributed by atoms with Gasteiger partial charge in [-0.3, -0.25) is 9.55 Å². The Morgan fingerprint density at radius 2 is 1.09 bits per heavy atom. The van der Waals surface area contributed by atoms with E-state index in [2.05, 4.69) is 221 Å². The van der Waals surface area contributed by atoms with Crippen molar-refractivity contribution in [3.63, 3.8) is 0 Å². The zero-order valence-corrected chi connectivity index (χ0v) is 42.1. The summed E-state index contributed by atoms with van der Waals surface area (Å²) in [6.45, 7) is 28.9. The van der Waals surface area contributed by atoms with Gasteiger partial charge in [-0.1, -0.05) is 179 Å². The average Bonchev–Trinajstić information content (AvgIpc) is 3.62. The second-order valence-electron chi connectivity index (χ2n) is 21.4. The van der Waals surface area contributed by atoms with Crippen LogP contribution in [0.1, 0.15) is 111 Å². The molecule has 0 radical (unpaired) electrons. The molecule has 5 heteroatoms. The number of pyridine rings is 1. The van der Waals surface area contributed by atoms with Gasteiger partial charge in [0.1, 0.15) is 11.6 Å². The molecule has 0 aliphatic carbocycles. The summed E-state index contributed by atoms with van der Waals surface area (Å²) in [5, 5.41) is 12.0. The third-order valence-electron chi connectivity index (χ3n) is 12.4. The van der Waals surface area contributed by atoms with Gasteiger partial charge < -0.3 is 5.11 Å². The molecule has 0 unspecified atom stereocenters. The van der Waals surface area contributed by atoms with Gasteiger partial charge in [0.15, 0.2) is 0 Å². The van der Waals surface area contributed by atoms with Crippen LogP contribution >= 0.6 is 0 Å². The van der Waals surface area contributed by atoms with Crippen molar-refractivity contribution in [3.8, 4) is 67.5 Å². The van der Waals surface area contributed by atoms with E-state index in [1.807, 2.05) is 13.1 Å². The number of aromatic hydroxyl groups is 1. The molecule has 0 atom stereocenters. The first-order valence-corrected chi connectivity index (χ1v) is 22.3. The van der Waals surface area contributed by atoms with Crippen LogP contribution in [0.2, 0.25) is 0 Å². The summed E-state index contributed by atoms with van der Waals surface area (Å²) in [5.74, 6) is 0.917. The Morgan fingerprint density at radius 1 is 0.500 bits per heavy atom. The Balaban J connectivity index is 0.00000612. The van der Waals surface area contributed by atoms with Crippen LogP contribution in [0, 0.1) is 13.0 Å². The number of benzene rings is 6. The predicted molar refractivity (Wildman–Crippen MR) is 266 cm³/mol. The number of hydrogen-bond acceptors (Lipinski definition) is 3. The van der Waals surface area contributed by atoms with E-state index >= 15 is 0 Å². The van der Waals surface area contributed by atoms with Crippen molar-refractivity contribution in [1.29, 1.82) is 0 Å². The molecule has 8 rings (SSSR count). The summed E-state index contributed by atoms with van der Waals surface area (Å²) in [4.78, 5) is 10.5. The van der Waals surface area contributed by atoms with Gasteiger partial charge in [0.2, 0.25) is 0 Å². The van der Waals surface area contributed by atoms with E-state index in [0.29, 0.717) is 11.4 Å². The van der Waals surface area contributed by atoms with Gasteiger partial charge in [0.05, 0.1) is 22.3 Å². The Labute approximate surface area is 396 Å². The minimum atomic E-state index is -0.159. The zero-order chi connectivity index (χ0) is 45.2. The maximum Gasteiger partial charge on any atom is 0.148 e. The standard InChI is InChI=1S/C59H62N3O.Pt/c1-37-30-45(58(8,9)10)36-49(54(37)63)55-61-53-47(20-17-21-52(53)62(55)51-27-26-44(57(5,6)7)35-48(51)39-18-15-14-16-19-39)41-31-42(33-46(32-41)59(11,12)13)50-34-40(28-29-60-50)38-22-24-43(25-23-38)56(2,3)4;/h14-30,32-36,63H,1-13H3;/q-1;. The summed E-state index contributed by atoms with van der Waals surface area (Å²) in [6.07, 6.45) is 1.91. The van der Waals surface area contributed by atoms with Crippen molar-refractivity contribution in [1.82, 2.24) is 14.5 Å². The van der Waals surface area contributed by atoms with E-state index in [1.165, 1.54) is 16.7 Å². The Kier molecular flexibility index (Phi) is 12.4. The van der Waals surface area contributed by atoms with E-state index in [9.17, 15) is 5.11 Å². The number of rotatable bonds is 6. The van der Waals surface area contributed by atoms with Crippen molar-refractivity contribution in [2.45, 2.75) is 112 Å². The summed E-state index contributed by atoms with van der Waals surface area (Å²) >= 11 is 0. The summed E-state index contributed by atoms with van der Waals surface area (Å²) in [6, 6.07) is 49.6. The third kappa shape index (κ3) is 9.18.